The summed E-state index contributed by atoms with van der Waals surface area (Å²) in [4.78, 5) is 26.2. The van der Waals surface area contributed by atoms with Crippen LogP contribution in [0.15, 0.2) is 28.7 Å². The van der Waals surface area contributed by atoms with Gasteiger partial charge in [-0.25, -0.2) is 0 Å². The first-order chi connectivity index (χ1) is 12.7. The maximum absolute atomic E-state index is 12.6. The van der Waals surface area contributed by atoms with Crippen LogP contribution in [0.2, 0.25) is 0 Å². The van der Waals surface area contributed by atoms with Gasteiger partial charge in [0, 0.05) is 35.1 Å². The van der Waals surface area contributed by atoms with Gasteiger partial charge in [0.2, 0.25) is 5.88 Å². The lowest BCUT2D eigenvalue weighted by atomic mass is 9.95. The van der Waals surface area contributed by atoms with E-state index >= 15 is 0 Å². The van der Waals surface area contributed by atoms with Crippen molar-refractivity contribution < 1.29 is 18.7 Å². The van der Waals surface area contributed by atoms with E-state index in [1.54, 1.807) is 17.0 Å². The molecular formula is C19H21N3O4. The number of hydrogen-bond donors (Lipinski definition) is 2. The molecule has 7 heteroatoms. The smallest absolute Gasteiger partial charge is 0.255 e. The molecule has 1 aromatic heterocycles. The van der Waals surface area contributed by atoms with Crippen LogP contribution in [-0.2, 0) is 9.53 Å². The summed E-state index contributed by atoms with van der Waals surface area (Å²) in [5, 5.41) is 7.50. The Balaban J connectivity index is 1.36. The highest BCUT2D eigenvalue weighted by atomic mass is 16.5. The third-order valence-electron chi connectivity index (χ3n) is 5.63. The molecule has 26 heavy (non-hydrogen) atoms. The minimum atomic E-state index is -0.114. The first-order valence-corrected chi connectivity index (χ1v) is 9.16. The average Bonchev–Trinajstić information content (AvgIpc) is 3.36. The molecule has 2 bridgehead atoms. The fourth-order valence-electron chi connectivity index (χ4n) is 4.29. The number of amides is 2. The summed E-state index contributed by atoms with van der Waals surface area (Å²) >= 11 is 0. The highest BCUT2D eigenvalue weighted by Crippen LogP contribution is 2.30. The molecule has 2 N–H and O–H groups in total. The molecular weight excluding hydrogens is 334 g/mol. The van der Waals surface area contributed by atoms with E-state index in [-0.39, 0.29) is 24.5 Å². The zero-order valence-corrected chi connectivity index (χ0v) is 14.4. The van der Waals surface area contributed by atoms with Crippen molar-refractivity contribution in [2.45, 2.75) is 37.4 Å². The van der Waals surface area contributed by atoms with Crippen LogP contribution in [0.25, 0.3) is 11.0 Å². The Kier molecular flexibility index (Phi) is 3.72. The lowest BCUT2D eigenvalue weighted by Crippen LogP contribution is -2.42. The van der Waals surface area contributed by atoms with Gasteiger partial charge in [-0.1, -0.05) is 0 Å². The molecule has 0 aliphatic carbocycles. The van der Waals surface area contributed by atoms with E-state index in [4.69, 9.17) is 9.15 Å². The van der Waals surface area contributed by atoms with Crippen LogP contribution >= 0.6 is 0 Å². The quantitative estimate of drug-likeness (QED) is 0.870. The highest BCUT2D eigenvalue weighted by molar-refractivity contribution is 6.00. The molecule has 3 fully saturated rings. The van der Waals surface area contributed by atoms with Gasteiger partial charge in [0.25, 0.3) is 11.8 Å². The number of carbonyl (C=O) groups excluding carboxylic acids is 2. The van der Waals surface area contributed by atoms with Gasteiger partial charge in [0.1, 0.15) is 12.2 Å². The first kappa shape index (κ1) is 15.8. The van der Waals surface area contributed by atoms with Crippen LogP contribution in [0.4, 0.5) is 5.88 Å². The van der Waals surface area contributed by atoms with Gasteiger partial charge >= 0.3 is 0 Å². The number of rotatable bonds is 3. The van der Waals surface area contributed by atoms with Gasteiger partial charge in [0.15, 0.2) is 0 Å². The fourth-order valence-corrected chi connectivity index (χ4v) is 4.29. The monoisotopic (exact) mass is 355 g/mol. The standard InChI is InChI=1S/C19H21N3O4/c23-17-10-25-6-5-22(17)18-8-12-7-11(1-4-16(12)26-18)19(24)21-15-9-13-2-3-14(15)20-13/h1,4,7-8,13-15,20H,2-3,5-6,9-10H2,(H,21,24)/t13-,14+,15-/m1/s1. The van der Waals surface area contributed by atoms with Crippen LogP contribution in [0.1, 0.15) is 29.6 Å². The topological polar surface area (TPSA) is 83.8 Å². The van der Waals surface area contributed by atoms with E-state index in [0.717, 1.165) is 18.2 Å². The number of morpholine rings is 1. The lowest BCUT2D eigenvalue weighted by molar-refractivity contribution is -0.125. The maximum Gasteiger partial charge on any atom is 0.255 e. The van der Waals surface area contributed by atoms with E-state index in [9.17, 15) is 9.59 Å². The van der Waals surface area contributed by atoms with E-state index in [1.807, 2.05) is 12.1 Å². The van der Waals surface area contributed by atoms with Crippen molar-refractivity contribution in [3.8, 4) is 0 Å². The van der Waals surface area contributed by atoms with Gasteiger partial charge in [-0.2, -0.15) is 0 Å². The summed E-state index contributed by atoms with van der Waals surface area (Å²) < 4.78 is 10.9. The zero-order valence-electron chi connectivity index (χ0n) is 14.4. The predicted molar refractivity (Wildman–Crippen MR) is 95.2 cm³/mol. The predicted octanol–water partition coefficient (Wildman–Crippen LogP) is 1.42. The van der Waals surface area contributed by atoms with Crippen molar-refractivity contribution >= 4 is 28.7 Å². The molecule has 3 aliphatic rings. The Bertz CT molecular complexity index is 877. The molecule has 5 rings (SSSR count). The van der Waals surface area contributed by atoms with E-state index in [0.29, 0.717) is 42.3 Å². The molecule has 0 radical (unpaired) electrons. The molecule has 0 spiro atoms. The Hall–Kier alpha value is -2.38. The average molecular weight is 355 g/mol. The van der Waals surface area contributed by atoms with Gasteiger partial charge in [-0.3, -0.25) is 14.5 Å². The first-order valence-electron chi connectivity index (χ1n) is 9.16. The molecule has 1 aromatic carbocycles. The second-order valence-electron chi connectivity index (χ2n) is 7.30. The van der Waals surface area contributed by atoms with Gasteiger partial charge in [-0.05, 0) is 37.5 Å². The number of nitrogens with one attached hydrogen (secondary N) is 2. The summed E-state index contributed by atoms with van der Waals surface area (Å²) in [5.41, 5.74) is 1.28. The summed E-state index contributed by atoms with van der Waals surface area (Å²) in [7, 11) is 0. The van der Waals surface area contributed by atoms with Crippen molar-refractivity contribution in [2.75, 3.05) is 24.7 Å². The Labute approximate surface area is 150 Å². The third-order valence-corrected chi connectivity index (χ3v) is 5.63. The molecule has 3 atom stereocenters. The molecule has 0 saturated carbocycles. The number of carbonyl (C=O) groups is 2. The fraction of sp³-hybridized carbons (Fsp3) is 0.474. The van der Waals surface area contributed by atoms with Crippen LogP contribution in [-0.4, -0.2) is 49.7 Å². The summed E-state index contributed by atoms with van der Waals surface area (Å²) in [6, 6.07) is 8.36. The number of furan rings is 1. The second kappa shape index (κ2) is 6.10. The van der Waals surface area contributed by atoms with Gasteiger partial charge in [-0.15, -0.1) is 0 Å². The van der Waals surface area contributed by atoms with Gasteiger partial charge < -0.3 is 19.8 Å². The number of benzene rings is 1. The zero-order chi connectivity index (χ0) is 17.7. The number of ether oxygens (including phenoxy) is 1. The van der Waals surface area contributed by atoms with Gasteiger partial charge in [0.05, 0.1) is 13.2 Å². The third kappa shape index (κ3) is 2.68. The largest absolute Gasteiger partial charge is 0.440 e. The minimum Gasteiger partial charge on any atom is -0.440 e. The summed E-state index contributed by atoms with van der Waals surface area (Å²) in [6.45, 7) is 1.04. The number of hydrogen-bond acceptors (Lipinski definition) is 5. The van der Waals surface area contributed by atoms with Crippen molar-refractivity contribution in [1.82, 2.24) is 10.6 Å². The van der Waals surface area contributed by atoms with Crippen molar-refractivity contribution in [3.05, 3.63) is 29.8 Å². The summed E-state index contributed by atoms with van der Waals surface area (Å²) in [6.07, 6.45) is 3.35. The molecule has 0 unspecified atom stereocenters. The molecule has 2 aromatic rings. The lowest BCUT2D eigenvalue weighted by Gasteiger charge is -2.23. The van der Waals surface area contributed by atoms with Crippen molar-refractivity contribution in [2.24, 2.45) is 0 Å². The molecule has 4 heterocycles. The summed E-state index contributed by atoms with van der Waals surface area (Å²) in [5.74, 6) is 0.330. The molecule has 7 nitrogen and oxygen atoms in total. The maximum atomic E-state index is 12.6. The molecule has 136 valence electrons. The van der Waals surface area contributed by atoms with E-state index in [2.05, 4.69) is 10.6 Å². The SMILES string of the molecule is O=C(N[C@@H]1C[C@H]2CC[C@@H]1N2)c1ccc2oc(N3CCOCC3=O)cc2c1. The Morgan fingerprint density at radius 3 is 2.96 bits per heavy atom. The highest BCUT2D eigenvalue weighted by Gasteiger charge is 2.39. The number of anilines is 1. The Morgan fingerprint density at radius 2 is 2.19 bits per heavy atom. The molecule has 3 aliphatic heterocycles. The number of fused-ring (bicyclic) bond motifs is 3. The van der Waals surface area contributed by atoms with Crippen LogP contribution in [0.3, 0.4) is 0 Å². The minimum absolute atomic E-state index is 0.0588. The van der Waals surface area contributed by atoms with Crippen LogP contribution in [0.5, 0.6) is 0 Å². The van der Waals surface area contributed by atoms with Crippen LogP contribution in [0, 0.1) is 0 Å². The molecule has 3 saturated heterocycles. The van der Waals surface area contributed by atoms with Crippen LogP contribution < -0.4 is 15.5 Å². The second-order valence-corrected chi connectivity index (χ2v) is 7.30. The van der Waals surface area contributed by atoms with Crippen molar-refractivity contribution in [3.63, 3.8) is 0 Å². The Morgan fingerprint density at radius 1 is 1.27 bits per heavy atom. The molecule has 2 amide bonds. The normalized spacial score (nSPS) is 28.1. The van der Waals surface area contributed by atoms with E-state index in [1.165, 1.54) is 6.42 Å². The van der Waals surface area contributed by atoms with Crippen molar-refractivity contribution in [1.29, 1.82) is 0 Å². The van der Waals surface area contributed by atoms with E-state index < -0.39 is 0 Å². The number of nitrogens with zero attached hydrogens (tertiary/aromatic N) is 1.